The van der Waals surface area contributed by atoms with Crippen LogP contribution in [0.1, 0.15) is 88.6 Å². The lowest BCUT2D eigenvalue weighted by molar-refractivity contribution is 0.0600. The molecule has 7 heterocycles. The molecule has 41 nitrogen and oxygen atoms in total. The third-order valence-electron chi connectivity index (χ3n) is 21.3. The van der Waals surface area contributed by atoms with Crippen molar-refractivity contribution in [2.24, 2.45) is 52.4 Å². The number of anilines is 4. The van der Waals surface area contributed by atoms with Crippen molar-refractivity contribution in [3.8, 4) is 46.4 Å². The van der Waals surface area contributed by atoms with Crippen molar-refractivity contribution < 1.29 is 58.7 Å². The Kier molecular flexibility index (Phi) is 28.7. The molecule has 19 aromatic rings. The van der Waals surface area contributed by atoms with Crippen LogP contribution in [0.25, 0.3) is 76.2 Å². The van der Waals surface area contributed by atoms with Crippen molar-refractivity contribution in [3.05, 3.63) is 378 Å². The first-order chi connectivity index (χ1) is 69.9. The van der Waals surface area contributed by atoms with E-state index in [1.807, 2.05) is 93.6 Å². The minimum Gasteiger partial charge on any atom is -0.505 e. The van der Waals surface area contributed by atoms with E-state index in [4.69, 9.17) is 29.3 Å². The summed E-state index contributed by atoms with van der Waals surface area (Å²) < 4.78 is 10.2. The van der Waals surface area contributed by atoms with Gasteiger partial charge in [0.05, 0.1) is 78.0 Å². The lowest BCUT2D eigenvalue weighted by Gasteiger charge is -2.15. The minimum absolute atomic E-state index is 0.00425. The monoisotopic (exact) mass is 1910 g/mol. The van der Waals surface area contributed by atoms with E-state index in [1.54, 1.807) is 195 Å². The second-order valence-corrected chi connectivity index (χ2v) is 31.7. The van der Waals surface area contributed by atoms with Gasteiger partial charge in [-0.2, -0.15) is 29.8 Å². The number of esters is 1. The fourth-order valence-electron chi connectivity index (χ4n) is 14.5. The summed E-state index contributed by atoms with van der Waals surface area (Å²) in [5, 5.41) is 111. The summed E-state index contributed by atoms with van der Waals surface area (Å²) >= 11 is 0. The van der Waals surface area contributed by atoms with E-state index in [0.29, 0.717) is 89.3 Å². The number of phenols is 4. The van der Waals surface area contributed by atoms with Crippen LogP contribution in [0.3, 0.4) is 0 Å². The normalized spacial score (nSPS) is 11.2. The van der Waals surface area contributed by atoms with Crippen molar-refractivity contribution in [3.63, 3.8) is 0 Å². The standard InChI is InChI=1S/C29H24N8O2.C27H19N5O3.C26H19N7O4.C21H15N9O3/c1-29(2,3)25-23(30-4)26(37(36-25)28-31-15-10-16-32-28)35-34-22-20-14-9-8-11-18(20)17-21(24(22)38)27(39)33-19-12-6-5-7-13-19;33-17-19-16-28-32(21-12-5-2-6-13-21)26(19)31-30-24-22-14-8-7-9-18(22)15-23(25(24)34)27(35)29-20-10-3-1-4-11-20;1-37-25(36)20-15-29-33(26-27-12-7-13-28-26)23(20)32-31-21-18-11-6-5-8-16(18)14-19(22(21)34)24(35)30-17-9-3-2-4-10-17;1-24-15-10-26-30(16-4-2-3-7-25-16)20(15)29-28-17-13-6-5-12(27-21(23)33)8-11(13)9-14(18(17)31)19(22)32/h5-17,38H,1-3H3,(H,33,39);1-17,34H,(H,29,35);2-15,34H,1H3,(H,30,35);2-10,31H,(H2,22,32)(H3,23,27,33). The zero-order chi connectivity index (χ0) is 101. The number of amides is 6. The van der Waals surface area contributed by atoms with Crippen LogP contribution in [0.5, 0.6) is 23.0 Å². The van der Waals surface area contributed by atoms with Gasteiger partial charge in [-0.3, -0.25) is 24.0 Å². The number of hydrogen-bond donors (Lipinski definition) is 10. The van der Waals surface area contributed by atoms with Gasteiger partial charge in [-0.1, -0.05) is 172 Å². The molecule has 0 radical (unpaired) electrons. The van der Waals surface area contributed by atoms with Crippen LogP contribution in [0, 0.1) is 13.1 Å². The van der Waals surface area contributed by atoms with Gasteiger partial charge in [0.15, 0.2) is 58.4 Å². The zero-order valence-corrected chi connectivity index (χ0v) is 76.1. The Morgan fingerprint density at radius 3 is 1.24 bits per heavy atom. The topological polar surface area (TPSA) is 553 Å². The van der Waals surface area contributed by atoms with Crippen LogP contribution >= 0.6 is 0 Å². The number of hydrogen-bond acceptors (Lipinski definition) is 29. The van der Waals surface area contributed by atoms with Crippen molar-refractivity contribution in [1.29, 1.82) is 0 Å². The molecular formula is C103H77N29O12. The Labute approximate surface area is 815 Å². The van der Waals surface area contributed by atoms with E-state index >= 15 is 0 Å². The third-order valence-corrected chi connectivity index (χ3v) is 21.3. The first-order valence-corrected chi connectivity index (χ1v) is 43.2. The molecule has 0 saturated heterocycles. The van der Waals surface area contributed by atoms with E-state index in [0.717, 1.165) is 0 Å². The predicted molar refractivity (Wildman–Crippen MR) is 535 cm³/mol. The molecule has 0 saturated carbocycles. The first kappa shape index (κ1) is 95.8. The van der Waals surface area contributed by atoms with Crippen molar-refractivity contribution >= 4 is 165 Å². The quantitative estimate of drug-likeness (QED) is 0.0130. The maximum Gasteiger partial charge on any atom is 0.343 e. The molecule has 0 spiro atoms. The second-order valence-electron chi connectivity index (χ2n) is 31.7. The van der Waals surface area contributed by atoms with Gasteiger partial charge >= 0.3 is 12.0 Å². The van der Waals surface area contributed by atoms with Gasteiger partial charge in [-0.25, -0.2) is 53.6 Å². The van der Waals surface area contributed by atoms with Crippen LogP contribution in [-0.4, -0.2) is 133 Å². The molecule has 12 aromatic carbocycles. The average Bonchev–Trinajstić information content (AvgIpc) is 1.68. The van der Waals surface area contributed by atoms with Gasteiger partial charge in [0.25, 0.3) is 46.9 Å². The highest BCUT2D eigenvalue weighted by Gasteiger charge is 2.31. The zero-order valence-electron chi connectivity index (χ0n) is 76.1. The van der Waals surface area contributed by atoms with Crippen molar-refractivity contribution in [2.45, 2.75) is 26.2 Å². The summed E-state index contributed by atoms with van der Waals surface area (Å²) in [6, 6.07) is 76.0. The number of azo groups is 4. The molecule has 19 rings (SSSR count). The summed E-state index contributed by atoms with van der Waals surface area (Å²) in [7, 11) is 1.23. The lowest BCUT2D eigenvalue weighted by atomic mass is 9.91. The lowest BCUT2D eigenvalue weighted by Crippen LogP contribution is -2.19. The number of urea groups is 1. The van der Waals surface area contributed by atoms with Gasteiger partial charge < -0.3 is 57.9 Å². The SMILES string of the molecule is COC(=O)c1cnn(-c2ncccn2)c1N=Nc1c(O)c(C(=O)Nc2ccccc2)cc2ccccc12.O=Cc1cnn(-c2ccccc2)c1N=Nc1c(O)c(C(=O)Nc2ccccc2)cc2ccccc12.[C-]#[N+]c1c(C(C)(C)C)nn(-c2ncccn2)c1N=Nc1c(O)c(C(=O)Nc2ccccc2)cc2ccccc12.[C-]#[N+]c1cnn(-c2ccccn2)c1N=Nc1c(O)c(C(N)=O)cc2cc(NC(N)=O)ccc12. The van der Waals surface area contributed by atoms with Gasteiger partial charge in [0, 0.05) is 75.3 Å². The molecule has 0 unspecified atom stereocenters. The first-order valence-electron chi connectivity index (χ1n) is 43.2. The fourth-order valence-corrected chi connectivity index (χ4v) is 14.5. The number of methoxy groups -OCH3 is 1. The molecular weight excluding hydrogens is 1840 g/mol. The summed E-state index contributed by atoms with van der Waals surface area (Å²) in [5.74, 6) is -3.46. The number of aromatic nitrogens is 13. The van der Waals surface area contributed by atoms with E-state index in [2.05, 4.69) is 117 Å². The predicted octanol–water partition coefficient (Wildman–Crippen LogP) is 21.9. The number of rotatable bonds is 22. The Morgan fingerprint density at radius 2 is 0.799 bits per heavy atom. The number of carbonyl (C=O) groups is 7. The Balaban J connectivity index is 0.000000138. The smallest absolute Gasteiger partial charge is 0.343 e. The van der Waals surface area contributed by atoms with Crippen LogP contribution in [0.4, 0.5) is 84.9 Å². The molecule has 0 aliphatic heterocycles. The molecule has 144 heavy (non-hydrogen) atoms. The molecule has 0 bridgehead atoms. The number of benzene rings is 12. The van der Waals surface area contributed by atoms with Gasteiger partial charge in [-0.15, -0.1) is 40.9 Å². The van der Waals surface area contributed by atoms with E-state index in [9.17, 15) is 54.0 Å². The molecule has 12 N–H and O–H groups in total. The molecule has 706 valence electrons. The highest BCUT2D eigenvalue weighted by Crippen LogP contribution is 2.48. The van der Waals surface area contributed by atoms with Gasteiger partial charge in [0.1, 0.15) is 28.3 Å². The molecule has 7 aromatic heterocycles. The molecule has 0 atom stereocenters. The average molecular weight is 1910 g/mol. The largest absolute Gasteiger partial charge is 0.505 e. The molecule has 0 fully saturated rings. The molecule has 41 heteroatoms. The minimum atomic E-state index is -0.889. The molecule has 0 aliphatic rings. The maximum atomic E-state index is 13.1. The number of nitrogens with zero attached hydrogens (tertiary/aromatic N) is 23. The van der Waals surface area contributed by atoms with Crippen LogP contribution in [0.15, 0.2) is 357 Å². The summed E-state index contributed by atoms with van der Waals surface area (Å²) in [6.07, 6.45) is 12.3. The molecule has 6 amide bonds. The summed E-state index contributed by atoms with van der Waals surface area (Å²) in [4.78, 5) is 114. The van der Waals surface area contributed by atoms with E-state index < -0.39 is 46.8 Å². The Morgan fingerprint density at radius 1 is 0.389 bits per heavy atom. The number of pyridine rings is 1. The summed E-state index contributed by atoms with van der Waals surface area (Å²) in [5.41, 5.74) is 14.0. The fraction of sp³-hybridized carbons (Fsp3) is 0.0485. The Bertz CT molecular complexity index is 8360. The number of aromatic hydroxyl groups is 4. The summed E-state index contributed by atoms with van der Waals surface area (Å²) in [6.45, 7) is 21.1. The number of carbonyl (C=O) groups excluding carboxylic acids is 7. The number of aldehydes is 1. The number of ether oxygens (including phenoxy) is 1. The van der Waals surface area contributed by atoms with E-state index in [1.165, 1.54) is 75.0 Å². The number of primary amides is 2. The van der Waals surface area contributed by atoms with Gasteiger partial charge in [-0.05, 0) is 142 Å². The van der Waals surface area contributed by atoms with Crippen LogP contribution in [0.2, 0.25) is 0 Å². The van der Waals surface area contributed by atoms with Crippen molar-refractivity contribution in [1.82, 2.24) is 64.0 Å². The maximum absolute atomic E-state index is 13.1. The van der Waals surface area contributed by atoms with Gasteiger partial charge in [0.2, 0.25) is 0 Å². The Hall–Kier alpha value is -21.3. The van der Waals surface area contributed by atoms with Crippen LogP contribution in [-0.2, 0) is 10.2 Å². The van der Waals surface area contributed by atoms with Crippen LogP contribution < -0.4 is 32.7 Å². The number of para-hydroxylation sites is 4. The highest BCUT2D eigenvalue weighted by molar-refractivity contribution is 6.15. The molecule has 0 aliphatic carbocycles. The number of nitrogens with two attached hydrogens (primary N) is 2. The number of nitrogens with one attached hydrogen (secondary N) is 4. The second kappa shape index (κ2) is 43.2. The van der Waals surface area contributed by atoms with Crippen molar-refractivity contribution in [2.75, 3.05) is 28.4 Å². The number of phenolic OH excluding ortho intramolecular Hbond substituents is 3. The third kappa shape index (κ3) is 21.2. The number of fused-ring (bicyclic) bond motifs is 4. The van der Waals surface area contributed by atoms with E-state index in [-0.39, 0.29) is 120 Å². The highest BCUT2D eigenvalue weighted by atomic mass is 16.5.